The molecule has 2 aromatic heterocycles. The van der Waals surface area contributed by atoms with E-state index in [1.165, 1.54) is 50.5 Å². The Morgan fingerprint density at radius 1 is 0.882 bits per heavy atom. The summed E-state index contributed by atoms with van der Waals surface area (Å²) in [6.07, 6.45) is -2.97. The van der Waals surface area contributed by atoms with Gasteiger partial charge in [-0.05, 0) is 60.9 Å². The molecule has 0 saturated heterocycles. The first-order chi connectivity index (χ1) is 24.1. The highest BCUT2D eigenvalue weighted by atomic mass is 19.4. The molecule has 0 radical (unpaired) electrons. The lowest BCUT2D eigenvalue weighted by Gasteiger charge is -2.23. The topological polar surface area (TPSA) is 104 Å². The summed E-state index contributed by atoms with van der Waals surface area (Å²) in [4.78, 5) is 34.3. The minimum absolute atomic E-state index is 0.0131. The van der Waals surface area contributed by atoms with Crippen LogP contribution in [0.15, 0.2) is 67.0 Å². The molecule has 5 rings (SSSR count). The van der Waals surface area contributed by atoms with E-state index in [2.05, 4.69) is 20.6 Å². The van der Waals surface area contributed by atoms with Crippen LogP contribution in [0.4, 0.5) is 36.4 Å². The van der Waals surface area contributed by atoms with Gasteiger partial charge in [0.1, 0.15) is 23.7 Å². The molecule has 5 aromatic rings. The van der Waals surface area contributed by atoms with Crippen LogP contribution in [0.25, 0.3) is 32.9 Å². The number of aromatic nitrogens is 2. The minimum atomic E-state index is -4.60. The standard InChI is InChI=1S/C37H33F7N4O3/c1-4-12-36(40,41)25-18-26(38)23-9-7-14-46-33(23)31(25)24-11-10-20(22-8-6-13-45-32(22)24)16-28(35(50)51)48-34(49)30-19(3)15-21(17-27(30)39)47-29(5-2)37(42,43)44/h6-11,13-15,17-18,28-29,47H,4-5,12,16H2,1-3H3,(H,48,49)(H,50,51)/t28-,29+/m0/s1. The van der Waals surface area contributed by atoms with Crippen molar-refractivity contribution < 1.29 is 45.4 Å². The molecule has 2 heterocycles. The number of rotatable bonds is 12. The number of amides is 1. The third-order valence-electron chi connectivity index (χ3n) is 8.62. The Labute approximate surface area is 287 Å². The third kappa shape index (κ3) is 7.59. The lowest BCUT2D eigenvalue weighted by molar-refractivity contribution is -0.143. The highest BCUT2D eigenvalue weighted by Gasteiger charge is 2.39. The predicted octanol–water partition coefficient (Wildman–Crippen LogP) is 9.11. The van der Waals surface area contributed by atoms with Gasteiger partial charge in [-0.1, -0.05) is 38.5 Å². The van der Waals surface area contributed by atoms with Crippen LogP contribution in [0.3, 0.4) is 0 Å². The molecular weight excluding hydrogens is 681 g/mol. The zero-order valence-electron chi connectivity index (χ0n) is 27.6. The second kappa shape index (κ2) is 14.5. The molecule has 0 aliphatic heterocycles. The molecule has 0 aliphatic rings. The summed E-state index contributed by atoms with van der Waals surface area (Å²) in [6.45, 7) is 4.19. The van der Waals surface area contributed by atoms with Crippen LogP contribution in [0.2, 0.25) is 0 Å². The van der Waals surface area contributed by atoms with E-state index >= 15 is 17.6 Å². The number of halogens is 7. The smallest absolute Gasteiger partial charge is 0.408 e. The van der Waals surface area contributed by atoms with Gasteiger partial charge in [0.2, 0.25) is 0 Å². The van der Waals surface area contributed by atoms with Gasteiger partial charge in [0.15, 0.2) is 0 Å². The van der Waals surface area contributed by atoms with Gasteiger partial charge in [0.05, 0.1) is 16.6 Å². The average Bonchev–Trinajstić information content (AvgIpc) is 3.06. The van der Waals surface area contributed by atoms with Crippen molar-refractivity contribution in [2.75, 3.05) is 5.32 Å². The van der Waals surface area contributed by atoms with E-state index in [4.69, 9.17) is 0 Å². The number of fused-ring (bicyclic) bond motifs is 2. The molecule has 51 heavy (non-hydrogen) atoms. The molecule has 1 amide bonds. The number of hydrogen-bond donors (Lipinski definition) is 3. The number of carboxylic acids is 1. The van der Waals surface area contributed by atoms with Gasteiger partial charge in [0.25, 0.3) is 11.8 Å². The summed E-state index contributed by atoms with van der Waals surface area (Å²) < 4.78 is 101. The molecule has 2 atom stereocenters. The van der Waals surface area contributed by atoms with Crippen molar-refractivity contribution in [3.8, 4) is 11.1 Å². The van der Waals surface area contributed by atoms with Crippen molar-refractivity contribution in [1.82, 2.24) is 15.3 Å². The van der Waals surface area contributed by atoms with Crippen LogP contribution in [-0.4, -0.2) is 45.2 Å². The van der Waals surface area contributed by atoms with Crippen molar-refractivity contribution >= 4 is 39.4 Å². The fourth-order valence-corrected chi connectivity index (χ4v) is 6.20. The Morgan fingerprint density at radius 2 is 1.55 bits per heavy atom. The van der Waals surface area contributed by atoms with E-state index in [1.54, 1.807) is 19.1 Å². The summed E-state index contributed by atoms with van der Waals surface area (Å²) in [5, 5.41) is 14.9. The van der Waals surface area contributed by atoms with Crippen molar-refractivity contribution in [1.29, 1.82) is 0 Å². The zero-order valence-corrected chi connectivity index (χ0v) is 27.6. The summed E-state index contributed by atoms with van der Waals surface area (Å²) >= 11 is 0. The number of carbonyl (C=O) groups is 2. The molecule has 3 N–H and O–H groups in total. The van der Waals surface area contributed by atoms with E-state index in [0.29, 0.717) is 10.9 Å². The predicted molar refractivity (Wildman–Crippen MR) is 179 cm³/mol. The van der Waals surface area contributed by atoms with Crippen LogP contribution in [0.5, 0.6) is 0 Å². The van der Waals surface area contributed by atoms with E-state index in [9.17, 15) is 27.9 Å². The molecule has 268 valence electrons. The van der Waals surface area contributed by atoms with Gasteiger partial charge < -0.3 is 15.7 Å². The number of carboxylic acid groups (broad SMARTS) is 1. The number of nitrogens with zero attached hydrogens (tertiary/aromatic N) is 2. The molecule has 7 nitrogen and oxygen atoms in total. The molecule has 0 bridgehead atoms. The lowest BCUT2D eigenvalue weighted by atomic mass is 9.88. The molecule has 0 fully saturated rings. The fourth-order valence-electron chi connectivity index (χ4n) is 6.20. The quantitative estimate of drug-likeness (QED) is 0.111. The fraction of sp³-hybridized carbons (Fsp3) is 0.297. The highest BCUT2D eigenvalue weighted by molar-refractivity contribution is 6.05. The number of nitrogens with one attached hydrogen (secondary N) is 2. The summed E-state index contributed by atoms with van der Waals surface area (Å²) in [7, 11) is 0. The first-order valence-corrected chi connectivity index (χ1v) is 16.1. The Morgan fingerprint density at radius 3 is 2.16 bits per heavy atom. The zero-order chi connectivity index (χ0) is 37.2. The Bertz CT molecular complexity index is 2100. The summed E-state index contributed by atoms with van der Waals surface area (Å²) in [6, 6.07) is 8.09. The molecule has 14 heteroatoms. The number of carbonyl (C=O) groups excluding carboxylic acids is 1. The molecule has 0 saturated carbocycles. The first-order valence-electron chi connectivity index (χ1n) is 16.1. The van der Waals surface area contributed by atoms with E-state index in [-0.39, 0.29) is 58.1 Å². The van der Waals surface area contributed by atoms with Crippen molar-refractivity contribution in [2.24, 2.45) is 0 Å². The van der Waals surface area contributed by atoms with Gasteiger partial charge >= 0.3 is 12.1 Å². The van der Waals surface area contributed by atoms with Crippen LogP contribution < -0.4 is 10.6 Å². The number of anilines is 1. The van der Waals surface area contributed by atoms with Gasteiger partial charge in [-0.2, -0.15) is 13.2 Å². The molecule has 0 aliphatic carbocycles. The van der Waals surface area contributed by atoms with E-state index < -0.39 is 65.2 Å². The normalized spacial score (nSPS) is 13.3. The summed E-state index contributed by atoms with van der Waals surface area (Å²) in [5.74, 6) is -8.06. The lowest BCUT2D eigenvalue weighted by Crippen LogP contribution is -2.43. The molecular formula is C37H33F7N4O3. The number of alkyl halides is 5. The van der Waals surface area contributed by atoms with Crippen LogP contribution in [0, 0.1) is 18.6 Å². The van der Waals surface area contributed by atoms with E-state index in [1.807, 2.05) is 0 Å². The minimum Gasteiger partial charge on any atom is -0.480 e. The third-order valence-corrected chi connectivity index (χ3v) is 8.62. The average molecular weight is 715 g/mol. The largest absolute Gasteiger partial charge is 0.480 e. The SMILES string of the molecule is CCCC(F)(F)c1cc(F)c2cccnc2c1-c1ccc(C[C@H](NC(=O)c2c(C)cc(N[C@H](CC)C(F)(F)F)cc2F)C(=O)O)c2cccnc12. The number of aliphatic carboxylic acids is 1. The second-order valence-electron chi connectivity index (χ2n) is 12.2. The maximum atomic E-state index is 15.6. The van der Waals surface area contributed by atoms with Crippen LogP contribution >= 0.6 is 0 Å². The highest BCUT2D eigenvalue weighted by Crippen LogP contribution is 2.45. The Hall–Kier alpha value is -5.27. The maximum absolute atomic E-state index is 15.6. The number of benzene rings is 3. The molecule has 0 unspecified atom stereocenters. The number of hydrogen-bond acceptors (Lipinski definition) is 5. The number of aryl methyl sites for hydroxylation is 1. The first kappa shape index (κ1) is 37.0. The van der Waals surface area contributed by atoms with Crippen molar-refractivity contribution in [2.45, 2.75) is 70.6 Å². The van der Waals surface area contributed by atoms with Gasteiger partial charge in [0, 0.05) is 58.4 Å². The monoisotopic (exact) mass is 714 g/mol. The molecule has 0 spiro atoms. The van der Waals surface area contributed by atoms with Gasteiger partial charge in [-0.15, -0.1) is 0 Å². The van der Waals surface area contributed by atoms with Crippen LogP contribution in [-0.2, 0) is 17.1 Å². The van der Waals surface area contributed by atoms with Gasteiger partial charge in [-0.3, -0.25) is 14.8 Å². The second-order valence-corrected chi connectivity index (χ2v) is 12.2. The van der Waals surface area contributed by atoms with Crippen molar-refractivity contribution in [3.05, 3.63) is 101 Å². The maximum Gasteiger partial charge on any atom is 0.408 e. The molecule has 3 aromatic carbocycles. The van der Waals surface area contributed by atoms with Gasteiger partial charge in [-0.25, -0.2) is 22.4 Å². The Balaban J connectivity index is 1.53. The summed E-state index contributed by atoms with van der Waals surface area (Å²) in [5.41, 5.74) is -0.700. The van der Waals surface area contributed by atoms with Crippen molar-refractivity contribution in [3.63, 3.8) is 0 Å². The Kier molecular flexibility index (Phi) is 10.5. The number of pyridine rings is 2. The van der Waals surface area contributed by atoms with E-state index in [0.717, 1.165) is 18.2 Å². The van der Waals surface area contributed by atoms with Crippen LogP contribution in [0.1, 0.15) is 60.2 Å².